The van der Waals surface area contributed by atoms with Gasteiger partial charge in [-0.2, -0.15) is 4.39 Å². The Hall–Kier alpha value is -2.35. The molecule has 5 nitrogen and oxygen atoms in total. The topological polar surface area (TPSA) is 63.6 Å². The number of ether oxygens (including phenoxy) is 1. The van der Waals surface area contributed by atoms with E-state index in [0.717, 1.165) is 0 Å². The van der Waals surface area contributed by atoms with Crippen LogP contribution in [0.5, 0.6) is 0 Å². The molecular formula is C18H14BrF2N3O2. The number of halogens is 3. The van der Waals surface area contributed by atoms with E-state index in [1.807, 2.05) is 0 Å². The van der Waals surface area contributed by atoms with Crippen molar-refractivity contribution in [1.82, 2.24) is 10.3 Å². The molecular weight excluding hydrogens is 408 g/mol. The first-order chi connectivity index (χ1) is 12.5. The van der Waals surface area contributed by atoms with Crippen LogP contribution in [0.1, 0.15) is 22.3 Å². The summed E-state index contributed by atoms with van der Waals surface area (Å²) in [5.74, 6) is -1.50. The number of hydrogen-bond donors (Lipinski definition) is 1. The molecule has 0 unspecified atom stereocenters. The number of benzene rings is 1. The maximum atomic E-state index is 14.3. The van der Waals surface area contributed by atoms with Gasteiger partial charge in [0.15, 0.2) is 0 Å². The summed E-state index contributed by atoms with van der Waals surface area (Å²) in [5.41, 5.74) is -0.988. The number of aliphatic imine (C=N–C) groups is 1. The number of hydrogen-bond acceptors (Lipinski definition) is 4. The fraction of sp³-hybridized carbons (Fsp3) is 0.278. The van der Waals surface area contributed by atoms with Gasteiger partial charge in [-0.25, -0.2) is 14.4 Å². The molecule has 1 aliphatic carbocycles. The first-order valence-electron chi connectivity index (χ1n) is 8.04. The Bertz CT molecular complexity index is 893. The fourth-order valence-corrected chi connectivity index (χ4v) is 3.57. The van der Waals surface area contributed by atoms with Crippen LogP contribution in [-0.4, -0.2) is 29.7 Å². The lowest BCUT2D eigenvalue weighted by Crippen LogP contribution is -2.43. The normalized spacial score (nSPS) is 26.3. The molecule has 2 aliphatic rings. The lowest BCUT2D eigenvalue weighted by Gasteiger charge is -2.31. The predicted octanol–water partition coefficient (Wildman–Crippen LogP) is 3.35. The van der Waals surface area contributed by atoms with Crippen LogP contribution in [0.15, 0.2) is 52.1 Å². The summed E-state index contributed by atoms with van der Waals surface area (Å²) in [6, 6.07) is 9.89. The van der Waals surface area contributed by atoms with Crippen LogP contribution in [0.4, 0.5) is 8.78 Å². The van der Waals surface area contributed by atoms with Crippen LogP contribution in [0.25, 0.3) is 0 Å². The standard InChI is InChI=1S/C18H14BrF2N3O2/c19-11-6-13(15(21)22-8-11)18(9-20)12-7-14(12)26-17(24-18)23-16(25)10-4-2-1-3-5-10/h1-6,8,12,14H,7,9H2,(H,23,24,25)/t12-,14+,18-/m0/s1. The van der Waals surface area contributed by atoms with Gasteiger partial charge in [-0.3, -0.25) is 10.1 Å². The lowest BCUT2D eigenvalue weighted by atomic mass is 9.87. The number of fused-ring (bicyclic) bond motifs is 1. The molecule has 0 saturated heterocycles. The van der Waals surface area contributed by atoms with Crippen molar-refractivity contribution >= 4 is 27.9 Å². The van der Waals surface area contributed by atoms with Gasteiger partial charge in [-0.15, -0.1) is 0 Å². The van der Waals surface area contributed by atoms with E-state index in [4.69, 9.17) is 4.74 Å². The van der Waals surface area contributed by atoms with Crippen LogP contribution < -0.4 is 5.32 Å². The molecule has 134 valence electrons. The molecule has 0 spiro atoms. The summed E-state index contributed by atoms with van der Waals surface area (Å²) in [6.45, 7) is -0.919. The van der Waals surface area contributed by atoms with E-state index >= 15 is 0 Å². The minimum Gasteiger partial charge on any atom is -0.461 e. The second kappa shape index (κ2) is 6.42. The number of alkyl halides is 1. The Morgan fingerprint density at radius 2 is 2.15 bits per heavy atom. The van der Waals surface area contributed by atoms with Gasteiger partial charge in [0.1, 0.15) is 18.3 Å². The summed E-state index contributed by atoms with van der Waals surface area (Å²) in [6.07, 6.45) is 1.52. The summed E-state index contributed by atoms with van der Waals surface area (Å²) in [5, 5.41) is 2.55. The molecule has 26 heavy (non-hydrogen) atoms. The minimum absolute atomic E-state index is 0.0524. The van der Waals surface area contributed by atoms with E-state index in [0.29, 0.717) is 16.5 Å². The third-order valence-electron chi connectivity index (χ3n) is 4.64. The number of nitrogens with one attached hydrogen (secondary N) is 1. The molecule has 2 aromatic rings. The van der Waals surface area contributed by atoms with Crippen molar-refractivity contribution < 1.29 is 18.3 Å². The van der Waals surface area contributed by atoms with Gasteiger partial charge in [0.05, 0.1) is 0 Å². The Kier molecular flexibility index (Phi) is 4.22. The molecule has 1 amide bonds. The van der Waals surface area contributed by atoms with E-state index in [1.165, 1.54) is 12.3 Å². The average Bonchev–Trinajstić information content (AvgIpc) is 3.44. The molecule has 1 N–H and O–H groups in total. The zero-order valence-corrected chi connectivity index (χ0v) is 15.0. The van der Waals surface area contributed by atoms with Gasteiger partial charge in [0.25, 0.3) is 11.9 Å². The van der Waals surface area contributed by atoms with E-state index in [9.17, 15) is 13.6 Å². The highest BCUT2D eigenvalue weighted by molar-refractivity contribution is 9.10. The zero-order chi connectivity index (χ0) is 18.3. The number of carbonyl (C=O) groups excluding carboxylic acids is 1. The second-order valence-corrected chi connectivity index (χ2v) is 7.20. The summed E-state index contributed by atoms with van der Waals surface area (Å²) in [4.78, 5) is 20.3. The molecule has 1 fully saturated rings. The van der Waals surface area contributed by atoms with Gasteiger partial charge in [0, 0.05) is 27.7 Å². The van der Waals surface area contributed by atoms with Crippen LogP contribution >= 0.6 is 15.9 Å². The van der Waals surface area contributed by atoms with Crippen molar-refractivity contribution in [1.29, 1.82) is 0 Å². The number of carbonyl (C=O) groups is 1. The van der Waals surface area contributed by atoms with E-state index < -0.39 is 24.1 Å². The maximum absolute atomic E-state index is 14.3. The molecule has 3 atom stereocenters. The van der Waals surface area contributed by atoms with Gasteiger partial charge >= 0.3 is 0 Å². The highest BCUT2D eigenvalue weighted by atomic mass is 79.9. The highest BCUT2D eigenvalue weighted by Crippen LogP contribution is 2.53. The molecule has 8 heteroatoms. The Morgan fingerprint density at radius 1 is 1.38 bits per heavy atom. The van der Waals surface area contributed by atoms with Gasteiger partial charge < -0.3 is 4.74 Å². The molecule has 4 rings (SSSR count). The number of amides is 1. The third kappa shape index (κ3) is 2.88. The lowest BCUT2D eigenvalue weighted by molar-refractivity contribution is 0.0950. The highest BCUT2D eigenvalue weighted by Gasteiger charge is 2.60. The Morgan fingerprint density at radius 3 is 2.88 bits per heavy atom. The van der Waals surface area contributed by atoms with Crippen LogP contribution in [0, 0.1) is 11.9 Å². The molecule has 0 bridgehead atoms. The number of rotatable bonds is 3. The largest absolute Gasteiger partial charge is 0.461 e. The third-order valence-corrected chi connectivity index (χ3v) is 5.08. The van der Waals surface area contributed by atoms with Crippen LogP contribution in [0.2, 0.25) is 0 Å². The monoisotopic (exact) mass is 421 g/mol. The SMILES string of the molecule is O=C(NC1=N[C@](CF)(c2cc(Br)cnc2F)[C@H]2C[C@H]2O1)c1ccccc1. The molecule has 1 aromatic heterocycles. The van der Waals surface area contributed by atoms with Crippen molar-refractivity contribution in [3.63, 3.8) is 0 Å². The minimum atomic E-state index is -1.46. The van der Waals surface area contributed by atoms with Crippen LogP contribution in [0.3, 0.4) is 0 Å². The first kappa shape index (κ1) is 17.1. The smallest absolute Gasteiger partial charge is 0.292 e. The fourth-order valence-electron chi connectivity index (χ4n) is 3.24. The molecule has 1 aliphatic heterocycles. The quantitative estimate of drug-likeness (QED) is 0.772. The van der Waals surface area contributed by atoms with Crippen molar-refractivity contribution in [2.24, 2.45) is 10.9 Å². The predicted molar refractivity (Wildman–Crippen MR) is 93.9 cm³/mol. The van der Waals surface area contributed by atoms with E-state index in [1.54, 1.807) is 30.3 Å². The van der Waals surface area contributed by atoms with Crippen molar-refractivity contribution in [2.75, 3.05) is 6.67 Å². The average molecular weight is 422 g/mol. The zero-order valence-electron chi connectivity index (χ0n) is 13.5. The van der Waals surface area contributed by atoms with E-state index in [-0.39, 0.29) is 23.6 Å². The Labute approximate surface area is 156 Å². The van der Waals surface area contributed by atoms with Gasteiger partial charge in [-0.05, 0) is 40.5 Å². The van der Waals surface area contributed by atoms with Crippen molar-refractivity contribution in [3.05, 3.63) is 64.1 Å². The summed E-state index contributed by atoms with van der Waals surface area (Å²) < 4.78 is 34.6. The second-order valence-electron chi connectivity index (χ2n) is 6.29. The molecule has 1 aromatic carbocycles. The first-order valence-corrected chi connectivity index (χ1v) is 8.83. The van der Waals surface area contributed by atoms with Gasteiger partial charge in [-0.1, -0.05) is 18.2 Å². The van der Waals surface area contributed by atoms with Crippen molar-refractivity contribution in [2.45, 2.75) is 18.1 Å². The summed E-state index contributed by atoms with van der Waals surface area (Å²) in [7, 11) is 0. The van der Waals surface area contributed by atoms with Gasteiger partial charge in [0.2, 0.25) is 5.95 Å². The maximum Gasteiger partial charge on any atom is 0.292 e. The number of aromatic nitrogens is 1. The van der Waals surface area contributed by atoms with Crippen LogP contribution in [-0.2, 0) is 10.3 Å². The number of amidine groups is 1. The Balaban J connectivity index is 1.70. The van der Waals surface area contributed by atoms with E-state index in [2.05, 4.69) is 31.2 Å². The number of nitrogens with zero attached hydrogens (tertiary/aromatic N) is 2. The summed E-state index contributed by atoms with van der Waals surface area (Å²) >= 11 is 3.23. The van der Waals surface area contributed by atoms with Crippen molar-refractivity contribution in [3.8, 4) is 0 Å². The molecule has 0 radical (unpaired) electrons. The molecule has 2 heterocycles. The molecule has 1 saturated carbocycles. The number of pyridine rings is 1.